The molecule has 0 radical (unpaired) electrons. The average molecular weight is 368 g/mol. The number of allylic oxidation sites excluding steroid dienone is 6. The fraction of sp³-hybridized carbons (Fsp3) is 0.286. The zero-order valence-electron chi connectivity index (χ0n) is 14.7. The predicted octanol–water partition coefficient (Wildman–Crippen LogP) is 4.33. The van der Waals surface area contributed by atoms with Gasteiger partial charge in [-0.3, -0.25) is 0 Å². The summed E-state index contributed by atoms with van der Waals surface area (Å²) >= 11 is 3.88. The van der Waals surface area contributed by atoms with Crippen molar-refractivity contribution in [1.82, 2.24) is 4.90 Å². The summed E-state index contributed by atoms with van der Waals surface area (Å²) in [7, 11) is 4.34. The number of rotatable bonds is 3. The van der Waals surface area contributed by atoms with Gasteiger partial charge in [0.05, 0.1) is 10.8 Å². The van der Waals surface area contributed by atoms with Gasteiger partial charge in [0, 0.05) is 25.4 Å². The van der Waals surface area contributed by atoms with Gasteiger partial charge in [0.25, 0.3) is 0 Å². The third kappa shape index (κ3) is 3.51. The van der Waals surface area contributed by atoms with Crippen LogP contribution < -0.4 is 0 Å². The van der Waals surface area contributed by atoms with Gasteiger partial charge in [-0.15, -0.1) is 11.8 Å². The molecule has 0 spiro atoms. The molecule has 1 fully saturated rings. The fourth-order valence-corrected chi connectivity index (χ4v) is 5.37. The zero-order valence-corrected chi connectivity index (χ0v) is 16.4. The summed E-state index contributed by atoms with van der Waals surface area (Å²) in [6, 6.07) is 8.72. The Balaban J connectivity index is 1.65. The van der Waals surface area contributed by atoms with Gasteiger partial charge in [-0.2, -0.15) is 0 Å². The lowest BCUT2D eigenvalue weighted by molar-refractivity contribution is -0.485. The van der Waals surface area contributed by atoms with Crippen LogP contribution in [-0.4, -0.2) is 53.2 Å². The second-order valence-corrected chi connectivity index (χ2v) is 8.71. The van der Waals surface area contributed by atoms with Crippen LogP contribution in [0, 0.1) is 0 Å². The van der Waals surface area contributed by atoms with E-state index in [9.17, 15) is 0 Å². The quantitative estimate of drug-likeness (QED) is 0.734. The molecule has 0 atom stereocenters. The number of thioether (sulfide) groups is 2. The highest BCUT2D eigenvalue weighted by Gasteiger charge is 2.19. The Morgan fingerprint density at radius 2 is 1.88 bits per heavy atom. The first-order chi connectivity index (χ1) is 12.2. The molecule has 1 aliphatic carbocycles. The maximum atomic E-state index is 2.33. The van der Waals surface area contributed by atoms with Crippen molar-refractivity contribution in [2.24, 2.45) is 0 Å². The SMILES string of the molecule is CN1CCS/C1=C\C=C1C=C(/C=C/C2=[N+](C)CCS2)c2ccccc2/1. The Hall–Kier alpha value is -1.65. The van der Waals surface area contributed by atoms with E-state index >= 15 is 0 Å². The molecule has 1 aromatic carbocycles. The molecule has 25 heavy (non-hydrogen) atoms. The molecule has 3 aliphatic rings. The normalized spacial score (nSPS) is 23.4. The van der Waals surface area contributed by atoms with Crippen LogP contribution in [0.1, 0.15) is 11.1 Å². The largest absolute Gasteiger partial charge is 0.369 e. The van der Waals surface area contributed by atoms with Gasteiger partial charge in [-0.05, 0) is 40.5 Å². The summed E-state index contributed by atoms with van der Waals surface area (Å²) < 4.78 is 2.33. The van der Waals surface area contributed by atoms with E-state index in [-0.39, 0.29) is 0 Å². The Kier molecular flexibility index (Phi) is 4.91. The number of hydrogen-bond acceptors (Lipinski definition) is 3. The molecule has 2 heterocycles. The zero-order chi connectivity index (χ0) is 17.2. The smallest absolute Gasteiger partial charge is 0.234 e. The molecule has 0 N–H and O–H groups in total. The molecule has 0 unspecified atom stereocenters. The molecule has 1 saturated heterocycles. The van der Waals surface area contributed by atoms with Crippen LogP contribution >= 0.6 is 23.5 Å². The molecule has 2 nitrogen and oxygen atoms in total. The van der Waals surface area contributed by atoms with E-state index in [1.807, 2.05) is 23.5 Å². The predicted molar refractivity (Wildman–Crippen MR) is 113 cm³/mol. The van der Waals surface area contributed by atoms with Crippen molar-refractivity contribution in [2.45, 2.75) is 0 Å². The first-order valence-electron chi connectivity index (χ1n) is 8.69. The summed E-state index contributed by atoms with van der Waals surface area (Å²) in [5.41, 5.74) is 5.28. The fourth-order valence-electron chi connectivity index (χ4n) is 3.27. The van der Waals surface area contributed by atoms with E-state index < -0.39 is 0 Å². The lowest BCUT2D eigenvalue weighted by Crippen LogP contribution is -2.10. The molecule has 0 aromatic heterocycles. The van der Waals surface area contributed by atoms with E-state index in [0.29, 0.717) is 0 Å². The van der Waals surface area contributed by atoms with Crippen LogP contribution in [0.2, 0.25) is 0 Å². The lowest BCUT2D eigenvalue weighted by Gasteiger charge is -2.09. The molecule has 4 heteroatoms. The van der Waals surface area contributed by atoms with Crippen molar-refractivity contribution >= 4 is 39.7 Å². The van der Waals surface area contributed by atoms with E-state index in [1.165, 1.54) is 43.9 Å². The Bertz CT molecular complexity index is 843. The third-order valence-corrected chi connectivity index (χ3v) is 7.04. The monoisotopic (exact) mass is 367 g/mol. The van der Waals surface area contributed by atoms with E-state index in [1.54, 1.807) is 0 Å². The molecule has 0 amide bonds. The van der Waals surface area contributed by atoms with Crippen molar-refractivity contribution in [3.63, 3.8) is 0 Å². The Morgan fingerprint density at radius 1 is 1.04 bits per heavy atom. The highest BCUT2D eigenvalue weighted by Crippen LogP contribution is 2.36. The van der Waals surface area contributed by atoms with Crippen LogP contribution in [0.5, 0.6) is 0 Å². The molecule has 128 valence electrons. The van der Waals surface area contributed by atoms with Gasteiger partial charge in [0.2, 0.25) is 5.04 Å². The van der Waals surface area contributed by atoms with Gasteiger partial charge in [-0.1, -0.05) is 42.1 Å². The number of fused-ring (bicyclic) bond motifs is 1. The van der Waals surface area contributed by atoms with Gasteiger partial charge in [-0.25, -0.2) is 4.58 Å². The molecule has 4 rings (SSSR count). The minimum Gasteiger partial charge on any atom is -0.369 e. The van der Waals surface area contributed by atoms with E-state index in [0.717, 1.165) is 13.1 Å². The molecule has 1 aromatic rings. The van der Waals surface area contributed by atoms with Gasteiger partial charge < -0.3 is 4.90 Å². The summed E-state index contributed by atoms with van der Waals surface area (Å²) in [5.74, 6) is 2.38. The van der Waals surface area contributed by atoms with Gasteiger partial charge in [0.15, 0.2) is 6.54 Å². The number of hydrogen-bond donors (Lipinski definition) is 0. The second-order valence-electron chi connectivity index (χ2n) is 6.48. The standard InChI is InChI=1S/C21H23N2S2/c1-22-11-13-24-20(22)9-7-16-15-17(19-6-4-3-5-18(16)19)8-10-21-23(2)12-14-25-21/h3-10,15H,11-14H2,1-2H3/q+1. The molecular formula is C21H23N2S2+. The third-order valence-electron chi connectivity index (χ3n) is 4.78. The summed E-state index contributed by atoms with van der Waals surface area (Å²) in [6.45, 7) is 2.29. The number of nitrogens with zero attached hydrogens (tertiary/aromatic N) is 2. The minimum absolute atomic E-state index is 1.14. The second kappa shape index (κ2) is 7.30. The topological polar surface area (TPSA) is 6.25 Å². The van der Waals surface area contributed by atoms with Gasteiger partial charge in [0.1, 0.15) is 7.05 Å². The highest BCUT2D eigenvalue weighted by molar-refractivity contribution is 8.14. The van der Waals surface area contributed by atoms with E-state index in [4.69, 9.17) is 0 Å². The van der Waals surface area contributed by atoms with Crippen molar-refractivity contribution in [3.05, 3.63) is 70.8 Å². The summed E-state index contributed by atoms with van der Waals surface area (Å²) in [5, 5.41) is 2.73. The van der Waals surface area contributed by atoms with Crippen molar-refractivity contribution in [1.29, 1.82) is 0 Å². The first-order valence-corrected chi connectivity index (χ1v) is 10.7. The molecule has 2 aliphatic heterocycles. The van der Waals surface area contributed by atoms with Crippen LogP contribution in [0.25, 0.3) is 11.1 Å². The molecular weight excluding hydrogens is 344 g/mol. The van der Waals surface area contributed by atoms with Crippen molar-refractivity contribution in [3.8, 4) is 0 Å². The minimum atomic E-state index is 1.14. The first kappa shape index (κ1) is 16.8. The van der Waals surface area contributed by atoms with Crippen molar-refractivity contribution in [2.75, 3.05) is 38.7 Å². The van der Waals surface area contributed by atoms with Crippen LogP contribution in [0.4, 0.5) is 0 Å². The average Bonchev–Trinajstić information content (AvgIpc) is 3.31. The highest BCUT2D eigenvalue weighted by atomic mass is 32.2. The Morgan fingerprint density at radius 3 is 2.60 bits per heavy atom. The van der Waals surface area contributed by atoms with Gasteiger partial charge >= 0.3 is 0 Å². The number of benzene rings is 1. The van der Waals surface area contributed by atoms with Crippen LogP contribution in [-0.2, 0) is 0 Å². The maximum Gasteiger partial charge on any atom is 0.234 e. The Labute approximate surface area is 158 Å². The molecule has 0 bridgehead atoms. The van der Waals surface area contributed by atoms with Crippen LogP contribution in [0.15, 0.2) is 59.7 Å². The summed E-state index contributed by atoms with van der Waals surface area (Å²) in [6.07, 6.45) is 11.4. The van der Waals surface area contributed by atoms with Crippen LogP contribution in [0.3, 0.4) is 0 Å². The van der Waals surface area contributed by atoms with Crippen molar-refractivity contribution < 1.29 is 4.58 Å². The van der Waals surface area contributed by atoms with E-state index in [2.05, 4.69) is 78.2 Å². The lowest BCUT2D eigenvalue weighted by atomic mass is 10.0. The maximum absolute atomic E-state index is 2.33. The summed E-state index contributed by atoms with van der Waals surface area (Å²) in [4.78, 5) is 2.33. The molecule has 0 saturated carbocycles.